The summed E-state index contributed by atoms with van der Waals surface area (Å²) in [6, 6.07) is 10.1. The van der Waals surface area contributed by atoms with Crippen molar-refractivity contribution in [3.05, 3.63) is 59.4 Å². The molecule has 20 heavy (non-hydrogen) atoms. The highest BCUT2D eigenvalue weighted by molar-refractivity contribution is 7.89. The van der Waals surface area contributed by atoms with E-state index in [1.807, 2.05) is 0 Å². The first-order valence-corrected chi connectivity index (χ1v) is 7.45. The van der Waals surface area contributed by atoms with Crippen LogP contribution in [0.15, 0.2) is 47.4 Å². The number of nitrogens with one attached hydrogen (secondary N) is 1. The number of benzene rings is 2. The fourth-order valence-corrected chi connectivity index (χ4v) is 3.75. The van der Waals surface area contributed by atoms with Gasteiger partial charge in [-0.05, 0) is 41.5 Å². The zero-order chi connectivity index (χ0) is 14.3. The van der Waals surface area contributed by atoms with Crippen LogP contribution in [0, 0.1) is 5.82 Å². The van der Waals surface area contributed by atoms with Gasteiger partial charge in [-0.3, -0.25) is 0 Å². The molecule has 0 aliphatic carbocycles. The molecular formula is C14H12FNO3S. The molecule has 1 aliphatic heterocycles. The van der Waals surface area contributed by atoms with E-state index in [1.165, 1.54) is 12.1 Å². The summed E-state index contributed by atoms with van der Waals surface area (Å²) in [6.07, 6.45) is 0. The summed E-state index contributed by atoms with van der Waals surface area (Å²) in [5, 5.41) is 0. The fourth-order valence-electron chi connectivity index (χ4n) is 2.32. The van der Waals surface area contributed by atoms with Crippen LogP contribution in [0.3, 0.4) is 0 Å². The smallest absolute Gasteiger partial charge is 0.241 e. The Kier molecular flexibility index (Phi) is 2.99. The Hall–Kier alpha value is -1.92. The number of halogens is 1. The number of hydrogen-bond acceptors (Lipinski definition) is 3. The van der Waals surface area contributed by atoms with Gasteiger partial charge < -0.3 is 4.74 Å². The molecule has 4 nitrogen and oxygen atoms in total. The lowest BCUT2D eigenvalue weighted by Gasteiger charge is -2.11. The van der Waals surface area contributed by atoms with Gasteiger partial charge in [0.05, 0.1) is 18.0 Å². The van der Waals surface area contributed by atoms with Gasteiger partial charge >= 0.3 is 0 Å². The third kappa shape index (κ3) is 2.07. The van der Waals surface area contributed by atoms with Gasteiger partial charge in [-0.1, -0.05) is 12.1 Å². The van der Waals surface area contributed by atoms with Crippen LogP contribution in [0.5, 0.6) is 5.75 Å². The van der Waals surface area contributed by atoms with Gasteiger partial charge in [0.1, 0.15) is 11.6 Å². The van der Waals surface area contributed by atoms with Crippen molar-refractivity contribution in [3.8, 4) is 5.75 Å². The van der Waals surface area contributed by atoms with E-state index in [9.17, 15) is 12.8 Å². The molecule has 0 amide bonds. The minimum Gasteiger partial charge on any atom is -0.497 e. The highest BCUT2D eigenvalue weighted by Gasteiger charge is 2.35. The molecule has 1 unspecified atom stereocenters. The summed E-state index contributed by atoms with van der Waals surface area (Å²) >= 11 is 0. The molecule has 1 heterocycles. The molecule has 0 bridgehead atoms. The number of ether oxygens (including phenoxy) is 1. The SMILES string of the molecule is COc1ccc(C2NS(=O)(=O)c3ccc(F)cc32)cc1. The summed E-state index contributed by atoms with van der Waals surface area (Å²) in [5.41, 5.74) is 1.16. The average molecular weight is 293 g/mol. The summed E-state index contributed by atoms with van der Waals surface area (Å²) < 4.78 is 45.0. The highest BCUT2D eigenvalue weighted by atomic mass is 32.2. The molecule has 0 saturated heterocycles. The molecule has 1 atom stereocenters. The van der Waals surface area contributed by atoms with Gasteiger partial charge in [-0.2, -0.15) is 4.72 Å². The number of rotatable bonds is 2. The van der Waals surface area contributed by atoms with Gasteiger partial charge in [0, 0.05) is 0 Å². The van der Waals surface area contributed by atoms with E-state index in [0.29, 0.717) is 11.3 Å². The lowest BCUT2D eigenvalue weighted by molar-refractivity contribution is 0.414. The molecule has 2 aromatic rings. The summed E-state index contributed by atoms with van der Waals surface area (Å²) in [5.74, 6) is 0.218. The molecule has 0 saturated carbocycles. The predicted molar refractivity (Wildman–Crippen MR) is 71.6 cm³/mol. The van der Waals surface area contributed by atoms with E-state index in [2.05, 4.69) is 4.72 Å². The quantitative estimate of drug-likeness (QED) is 0.923. The molecule has 1 aliphatic rings. The van der Waals surface area contributed by atoms with Crippen molar-refractivity contribution in [2.24, 2.45) is 0 Å². The topological polar surface area (TPSA) is 55.4 Å². The second-order valence-corrected chi connectivity index (χ2v) is 6.19. The van der Waals surface area contributed by atoms with Crippen molar-refractivity contribution < 1.29 is 17.5 Å². The average Bonchev–Trinajstić information content (AvgIpc) is 2.70. The Bertz CT molecular complexity index is 756. The third-order valence-electron chi connectivity index (χ3n) is 3.29. The minimum atomic E-state index is -3.58. The molecule has 0 fully saturated rings. The summed E-state index contributed by atoms with van der Waals surface area (Å²) in [7, 11) is -2.03. The first-order valence-electron chi connectivity index (χ1n) is 5.97. The maximum Gasteiger partial charge on any atom is 0.241 e. The van der Waals surface area contributed by atoms with Crippen LogP contribution in [-0.2, 0) is 10.0 Å². The van der Waals surface area contributed by atoms with Crippen LogP contribution in [0.2, 0.25) is 0 Å². The van der Waals surface area contributed by atoms with E-state index in [-0.39, 0.29) is 4.90 Å². The summed E-state index contributed by atoms with van der Waals surface area (Å²) in [4.78, 5) is 0.125. The zero-order valence-corrected chi connectivity index (χ0v) is 11.4. The third-order valence-corrected chi connectivity index (χ3v) is 4.79. The van der Waals surface area contributed by atoms with Crippen molar-refractivity contribution in [2.75, 3.05) is 7.11 Å². The number of fused-ring (bicyclic) bond motifs is 1. The van der Waals surface area contributed by atoms with E-state index < -0.39 is 21.9 Å². The monoisotopic (exact) mass is 293 g/mol. The van der Waals surface area contributed by atoms with Crippen LogP contribution in [0.4, 0.5) is 4.39 Å². The largest absolute Gasteiger partial charge is 0.497 e. The van der Waals surface area contributed by atoms with Gasteiger partial charge in [0.25, 0.3) is 0 Å². The lowest BCUT2D eigenvalue weighted by Crippen LogP contribution is -2.20. The Balaban J connectivity index is 2.10. The van der Waals surface area contributed by atoms with E-state index in [0.717, 1.165) is 11.6 Å². The molecule has 0 spiro atoms. The van der Waals surface area contributed by atoms with Crippen LogP contribution in [-0.4, -0.2) is 15.5 Å². The molecule has 3 rings (SSSR count). The summed E-state index contributed by atoms with van der Waals surface area (Å²) in [6.45, 7) is 0. The van der Waals surface area contributed by atoms with Gasteiger partial charge in [-0.25, -0.2) is 12.8 Å². The van der Waals surface area contributed by atoms with E-state index >= 15 is 0 Å². The number of methoxy groups -OCH3 is 1. The van der Waals surface area contributed by atoms with Crippen molar-refractivity contribution in [3.63, 3.8) is 0 Å². The van der Waals surface area contributed by atoms with Crippen molar-refractivity contribution in [1.82, 2.24) is 4.72 Å². The first-order chi connectivity index (χ1) is 9.51. The fraction of sp³-hybridized carbons (Fsp3) is 0.143. The normalized spacial score (nSPS) is 19.6. The van der Waals surface area contributed by atoms with Gasteiger partial charge in [-0.15, -0.1) is 0 Å². The second-order valence-electron chi connectivity index (χ2n) is 4.51. The van der Waals surface area contributed by atoms with Crippen LogP contribution < -0.4 is 9.46 Å². The zero-order valence-electron chi connectivity index (χ0n) is 10.6. The Labute approximate surface area is 116 Å². The van der Waals surface area contributed by atoms with Crippen molar-refractivity contribution in [1.29, 1.82) is 0 Å². The molecule has 2 aromatic carbocycles. The maximum absolute atomic E-state index is 13.4. The van der Waals surface area contributed by atoms with E-state index in [4.69, 9.17) is 4.74 Å². The molecular weight excluding hydrogens is 281 g/mol. The first kappa shape index (κ1) is 13.1. The van der Waals surface area contributed by atoms with Crippen LogP contribution >= 0.6 is 0 Å². The lowest BCUT2D eigenvalue weighted by atomic mass is 9.99. The van der Waals surface area contributed by atoms with Gasteiger partial charge in [0.15, 0.2) is 0 Å². The van der Waals surface area contributed by atoms with Crippen molar-refractivity contribution >= 4 is 10.0 Å². The predicted octanol–water partition coefficient (Wildman–Crippen LogP) is 2.22. The number of hydrogen-bond donors (Lipinski definition) is 1. The minimum absolute atomic E-state index is 0.125. The molecule has 6 heteroatoms. The second kappa shape index (κ2) is 4.57. The van der Waals surface area contributed by atoms with Gasteiger partial charge in [0.2, 0.25) is 10.0 Å². The highest BCUT2D eigenvalue weighted by Crippen LogP contribution is 2.36. The van der Waals surface area contributed by atoms with Crippen LogP contribution in [0.25, 0.3) is 0 Å². The Morgan fingerprint density at radius 3 is 2.50 bits per heavy atom. The Morgan fingerprint density at radius 2 is 1.85 bits per heavy atom. The molecule has 104 valence electrons. The van der Waals surface area contributed by atoms with Crippen molar-refractivity contribution in [2.45, 2.75) is 10.9 Å². The molecule has 1 N–H and O–H groups in total. The molecule has 0 aromatic heterocycles. The van der Waals surface area contributed by atoms with E-state index in [1.54, 1.807) is 31.4 Å². The Morgan fingerprint density at radius 1 is 1.15 bits per heavy atom. The number of sulfonamides is 1. The maximum atomic E-state index is 13.4. The molecule has 0 radical (unpaired) electrons. The standard InChI is InChI=1S/C14H12FNO3S/c1-19-11-5-2-9(3-6-11)14-12-8-10(15)4-7-13(12)20(17,18)16-14/h2-8,14,16H,1H3. The van der Waals surface area contributed by atoms with Crippen LogP contribution in [0.1, 0.15) is 17.2 Å².